The zero-order valence-electron chi connectivity index (χ0n) is 31.6. The Labute approximate surface area is 323 Å². The lowest BCUT2D eigenvalue weighted by Gasteiger charge is -2.17. The highest BCUT2D eigenvalue weighted by molar-refractivity contribution is 5.87. The highest BCUT2D eigenvalue weighted by Gasteiger charge is 2.22. The van der Waals surface area contributed by atoms with Gasteiger partial charge in [-0.05, 0) is 98.5 Å². The van der Waals surface area contributed by atoms with Gasteiger partial charge in [-0.15, -0.1) is 0 Å². The Morgan fingerprint density at radius 2 is 1.14 bits per heavy atom. The van der Waals surface area contributed by atoms with Crippen molar-refractivity contribution in [2.75, 3.05) is 6.54 Å². The number of carboxylic acid groups (broad SMARTS) is 1. The van der Waals surface area contributed by atoms with E-state index in [0.29, 0.717) is 12.1 Å². The molecule has 4 N–H and O–H groups in total. The van der Waals surface area contributed by atoms with Crippen molar-refractivity contribution >= 4 is 17.5 Å². The van der Waals surface area contributed by atoms with Crippen molar-refractivity contribution < 1.29 is 28.3 Å². The van der Waals surface area contributed by atoms with Crippen LogP contribution in [0, 0.1) is 25.5 Å². The second-order valence-corrected chi connectivity index (χ2v) is 13.5. The van der Waals surface area contributed by atoms with Crippen LogP contribution in [-0.4, -0.2) is 70.8 Å². The van der Waals surface area contributed by atoms with Gasteiger partial charge in [0.25, 0.3) is 0 Å². The predicted octanol–water partition coefficient (Wildman–Crippen LogP) is 4.94. The first kappa shape index (κ1) is 40.9. The summed E-state index contributed by atoms with van der Waals surface area (Å²) in [6.45, 7) is 3.47. The molecule has 0 bridgehead atoms. The Hall–Kier alpha value is -6.25. The van der Waals surface area contributed by atoms with Crippen LogP contribution in [0.4, 0.5) is 8.78 Å². The maximum atomic E-state index is 13.2. The summed E-state index contributed by atoms with van der Waals surface area (Å²) in [4.78, 5) is 44.8. The van der Waals surface area contributed by atoms with Crippen molar-refractivity contribution in [2.45, 2.75) is 51.6 Å². The molecule has 0 aliphatic heterocycles. The van der Waals surface area contributed by atoms with Crippen molar-refractivity contribution in [1.29, 1.82) is 0 Å². The number of hydrogen-bond acceptors (Lipinski definition) is 9. The highest BCUT2D eigenvalue weighted by Crippen LogP contribution is 2.21. The first-order chi connectivity index (χ1) is 26.7. The first-order valence-corrected chi connectivity index (χ1v) is 17.9. The highest BCUT2D eigenvalue weighted by atomic mass is 19.1. The molecule has 56 heavy (non-hydrogen) atoms. The number of nitrogens with zero attached hydrogens (tertiary/aromatic N) is 6. The van der Waals surface area contributed by atoms with Crippen LogP contribution in [0.15, 0.2) is 97.3 Å². The number of hydrogen-bond donors (Lipinski definition) is 3. The van der Waals surface area contributed by atoms with E-state index in [1.165, 1.54) is 24.3 Å². The molecule has 12 nitrogen and oxygen atoms in total. The van der Waals surface area contributed by atoms with Gasteiger partial charge < -0.3 is 10.8 Å². The molecule has 0 aliphatic carbocycles. The second-order valence-electron chi connectivity index (χ2n) is 13.5. The van der Waals surface area contributed by atoms with Crippen LogP contribution in [-0.2, 0) is 54.2 Å². The van der Waals surface area contributed by atoms with Gasteiger partial charge in [-0.25, -0.2) is 8.78 Å². The summed E-state index contributed by atoms with van der Waals surface area (Å²) in [5.41, 5.74) is 14.3. The Morgan fingerprint density at radius 1 is 0.696 bits per heavy atom. The third kappa shape index (κ3) is 11.6. The fraction of sp³-hybridized carbons (Fsp3) is 0.262. The zero-order chi connectivity index (χ0) is 40.4. The minimum absolute atomic E-state index is 0.0743. The van der Waals surface area contributed by atoms with Crippen LogP contribution in [0.5, 0.6) is 0 Å². The number of nitrogens with one attached hydrogen (secondary N) is 1. The van der Waals surface area contributed by atoms with E-state index in [9.17, 15) is 23.2 Å². The smallest absolute Gasteiger partial charge is 0.317 e. The van der Waals surface area contributed by atoms with Gasteiger partial charge in [0.05, 0.1) is 42.9 Å². The SMILES string of the molecule is Cc1cc(-c2cc(CC(=O)[C@@H](N)Cc3ccc(F)cc3)n(C)n2)ccn1.Cc1cc(-c2cc(CC(=O)[C@H](Cc3ccc(F)cc3)NCC(=O)O)n(C)n2)ccn1. The van der Waals surface area contributed by atoms with Crippen molar-refractivity contribution in [3.63, 3.8) is 0 Å². The van der Waals surface area contributed by atoms with E-state index in [0.717, 1.165) is 50.7 Å². The standard InChI is InChI=1S/C22H23FN4O3.C20H21FN4O/c1-14-9-16(7-8-24-14)19-11-18(27(2)26-19)12-21(28)20(25-13-22(29)30)10-15-3-5-17(23)6-4-15;1-13-9-15(7-8-23-13)19-11-17(25(2)24-19)12-20(26)18(22)10-14-3-5-16(21)6-4-14/h3-9,11,20,25H,10,12-13H2,1-2H3,(H,29,30);3-9,11,18H,10,12,22H2,1-2H3/t20-;18-/m00/s1. The van der Waals surface area contributed by atoms with E-state index >= 15 is 0 Å². The van der Waals surface area contributed by atoms with Crippen LogP contribution < -0.4 is 11.1 Å². The molecule has 0 amide bonds. The van der Waals surface area contributed by atoms with Crippen molar-refractivity contribution in [3.05, 3.63) is 143 Å². The van der Waals surface area contributed by atoms with E-state index in [2.05, 4.69) is 25.5 Å². The van der Waals surface area contributed by atoms with E-state index in [4.69, 9.17) is 10.8 Å². The number of aryl methyl sites for hydroxylation is 4. The van der Waals surface area contributed by atoms with Crippen LogP contribution >= 0.6 is 0 Å². The summed E-state index contributed by atoms with van der Waals surface area (Å²) in [6.07, 6.45) is 4.39. The molecule has 0 radical (unpaired) electrons. The topological polar surface area (TPSA) is 171 Å². The number of carbonyl (C=O) groups is 3. The van der Waals surface area contributed by atoms with Crippen LogP contribution in [0.25, 0.3) is 22.5 Å². The van der Waals surface area contributed by atoms with Gasteiger partial charge in [0.1, 0.15) is 11.6 Å². The number of carboxylic acids is 1. The van der Waals surface area contributed by atoms with Gasteiger partial charge in [-0.1, -0.05) is 24.3 Å². The Kier molecular flexibility index (Phi) is 13.8. The maximum Gasteiger partial charge on any atom is 0.317 e. The molecular weight excluding hydrogens is 719 g/mol. The van der Waals surface area contributed by atoms with Crippen molar-refractivity contribution in [2.24, 2.45) is 19.8 Å². The average Bonchev–Trinajstić information content (AvgIpc) is 3.72. The van der Waals surface area contributed by atoms with Crippen LogP contribution in [0.1, 0.15) is 33.9 Å². The van der Waals surface area contributed by atoms with E-state index in [-0.39, 0.29) is 49.0 Å². The van der Waals surface area contributed by atoms with E-state index in [1.54, 1.807) is 53.1 Å². The molecule has 2 aromatic carbocycles. The first-order valence-electron chi connectivity index (χ1n) is 17.9. The molecule has 0 fully saturated rings. The van der Waals surface area contributed by atoms with Crippen molar-refractivity contribution in [3.8, 4) is 22.5 Å². The van der Waals surface area contributed by atoms with E-state index < -0.39 is 18.1 Å². The molecule has 6 rings (SSSR count). The monoisotopic (exact) mass is 762 g/mol. The van der Waals surface area contributed by atoms with Gasteiger partial charge in [0.15, 0.2) is 11.6 Å². The third-order valence-corrected chi connectivity index (χ3v) is 9.07. The summed E-state index contributed by atoms with van der Waals surface area (Å²) in [6, 6.07) is 21.9. The maximum absolute atomic E-state index is 13.2. The number of nitrogens with two attached hydrogens (primary N) is 1. The molecule has 0 saturated carbocycles. The summed E-state index contributed by atoms with van der Waals surface area (Å²) in [7, 11) is 3.57. The Bertz CT molecular complexity index is 2290. The number of carbonyl (C=O) groups excluding carboxylic acids is 2. The van der Waals surface area contributed by atoms with Gasteiger partial charge in [-0.2, -0.15) is 10.2 Å². The molecule has 14 heteroatoms. The lowest BCUT2D eigenvalue weighted by atomic mass is 9.99. The number of halogens is 2. The minimum Gasteiger partial charge on any atom is -0.480 e. The lowest BCUT2D eigenvalue weighted by molar-refractivity contribution is -0.136. The third-order valence-electron chi connectivity index (χ3n) is 9.07. The summed E-state index contributed by atoms with van der Waals surface area (Å²) >= 11 is 0. The average molecular weight is 763 g/mol. The molecule has 0 unspecified atom stereocenters. The van der Waals surface area contributed by atoms with Gasteiger partial charge in [0, 0.05) is 60.4 Å². The number of aromatic nitrogens is 6. The molecule has 290 valence electrons. The fourth-order valence-corrected chi connectivity index (χ4v) is 6.00. The number of ketones is 2. The quantitative estimate of drug-likeness (QED) is 0.130. The fourth-order valence-electron chi connectivity index (χ4n) is 6.00. The predicted molar refractivity (Wildman–Crippen MR) is 207 cm³/mol. The minimum atomic E-state index is -1.05. The van der Waals surface area contributed by atoms with Gasteiger partial charge in [0.2, 0.25) is 0 Å². The number of rotatable bonds is 15. The summed E-state index contributed by atoms with van der Waals surface area (Å²) < 4.78 is 29.5. The van der Waals surface area contributed by atoms with Gasteiger partial charge >= 0.3 is 5.97 Å². The van der Waals surface area contributed by atoms with Crippen LogP contribution in [0.3, 0.4) is 0 Å². The van der Waals surface area contributed by atoms with Gasteiger partial charge in [-0.3, -0.25) is 39.0 Å². The molecule has 0 saturated heterocycles. The van der Waals surface area contributed by atoms with E-state index in [1.807, 2.05) is 57.3 Å². The molecule has 6 aromatic rings. The second kappa shape index (κ2) is 18.9. The molecule has 0 aliphatic rings. The largest absolute Gasteiger partial charge is 0.480 e. The molecular formula is C42H44F2N8O4. The van der Waals surface area contributed by atoms with Crippen LogP contribution in [0.2, 0.25) is 0 Å². The van der Waals surface area contributed by atoms with Crippen molar-refractivity contribution in [1.82, 2.24) is 34.8 Å². The zero-order valence-corrected chi connectivity index (χ0v) is 31.6. The molecule has 2 atom stereocenters. The number of benzene rings is 2. The normalized spacial score (nSPS) is 12.1. The number of Topliss-reactive ketones (excluding diaryl/α,β-unsaturated/α-hetero) is 2. The lowest BCUT2D eigenvalue weighted by Crippen LogP contribution is -2.42. The molecule has 4 heterocycles. The number of pyridine rings is 2. The molecule has 4 aromatic heterocycles. The molecule has 0 spiro atoms. The Balaban J connectivity index is 0.000000216. The summed E-state index contributed by atoms with van der Waals surface area (Å²) in [5, 5.41) is 20.7. The summed E-state index contributed by atoms with van der Waals surface area (Å²) in [5.74, 6) is -1.96. The number of aliphatic carboxylic acids is 1. The Morgan fingerprint density at radius 3 is 1.59 bits per heavy atom.